The quantitative estimate of drug-likeness (QED) is 0.471. The normalized spacial score (nSPS) is 10.4. The Balaban J connectivity index is 2.70. The summed E-state index contributed by atoms with van der Waals surface area (Å²) in [5, 5.41) is 4.37. The summed E-state index contributed by atoms with van der Waals surface area (Å²) in [6.07, 6.45) is 1.28. The van der Waals surface area contributed by atoms with Gasteiger partial charge in [-0.25, -0.2) is 5.43 Å². The van der Waals surface area contributed by atoms with Crippen LogP contribution in [-0.4, -0.2) is 18.0 Å². The summed E-state index contributed by atoms with van der Waals surface area (Å²) in [5.41, 5.74) is 7.19. The van der Waals surface area contributed by atoms with E-state index >= 15 is 0 Å². The van der Waals surface area contributed by atoms with E-state index in [9.17, 15) is 9.59 Å². The Hall–Kier alpha value is -1.59. The van der Waals surface area contributed by atoms with Crippen LogP contribution in [0.25, 0.3) is 0 Å². The maximum atomic E-state index is 10.7. The third-order valence-corrected chi connectivity index (χ3v) is 2.12. The predicted octanol–water partition coefficient (Wildman–Crippen LogP) is 0.929. The van der Waals surface area contributed by atoms with Crippen LogP contribution in [0, 0.1) is 0 Å². The Labute approximate surface area is 101 Å². The number of primary amides is 1. The van der Waals surface area contributed by atoms with Gasteiger partial charge in [-0.15, -0.1) is 0 Å². The van der Waals surface area contributed by atoms with Gasteiger partial charge in [0.1, 0.15) is 0 Å². The molecule has 84 valence electrons. The lowest BCUT2D eigenvalue weighted by Gasteiger charge is -1.98. The van der Waals surface area contributed by atoms with E-state index in [0.717, 1.165) is 0 Å². The van der Waals surface area contributed by atoms with E-state index in [1.54, 1.807) is 12.1 Å². The van der Waals surface area contributed by atoms with Crippen LogP contribution in [0.15, 0.2) is 23.3 Å². The largest absolute Gasteiger partial charge is 0.361 e. The van der Waals surface area contributed by atoms with Gasteiger partial charge in [-0.2, -0.15) is 5.10 Å². The van der Waals surface area contributed by atoms with Gasteiger partial charge in [0.2, 0.25) is 0 Å². The van der Waals surface area contributed by atoms with E-state index in [0.29, 0.717) is 15.6 Å². The second kappa shape index (κ2) is 5.48. The first-order chi connectivity index (χ1) is 7.50. The number of carbonyl (C=O) groups excluding carboxylic acids is 2. The third-order valence-electron chi connectivity index (χ3n) is 1.56. The highest BCUT2D eigenvalue weighted by Crippen LogP contribution is 2.19. The van der Waals surface area contributed by atoms with Crippen LogP contribution in [0.3, 0.4) is 0 Å². The number of rotatable bonds is 2. The van der Waals surface area contributed by atoms with Crippen molar-refractivity contribution in [2.75, 3.05) is 0 Å². The molecule has 0 saturated heterocycles. The Morgan fingerprint density at radius 1 is 1.38 bits per heavy atom. The van der Waals surface area contributed by atoms with Gasteiger partial charge in [0.05, 0.1) is 11.2 Å². The van der Waals surface area contributed by atoms with E-state index in [2.05, 4.69) is 5.10 Å². The van der Waals surface area contributed by atoms with Crippen LogP contribution < -0.4 is 11.2 Å². The van der Waals surface area contributed by atoms with Crippen molar-refractivity contribution in [1.82, 2.24) is 5.43 Å². The third kappa shape index (κ3) is 3.52. The molecule has 2 amide bonds. The van der Waals surface area contributed by atoms with Crippen LogP contribution in [0.2, 0.25) is 10.0 Å². The van der Waals surface area contributed by atoms with Crippen LogP contribution >= 0.6 is 23.2 Å². The summed E-state index contributed by atoms with van der Waals surface area (Å²) in [4.78, 5) is 21.1. The van der Waals surface area contributed by atoms with Gasteiger partial charge in [-0.1, -0.05) is 29.3 Å². The minimum absolute atomic E-state index is 0.379. The first-order valence-electron chi connectivity index (χ1n) is 4.08. The van der Waals surface area contributed by atoms with Gasteiger partial charge in [-0.05, 0) is 12.1 Å². The summed E-state index contributed by atoms with van der Waals surface area (Å²) in [6.45, 7) is 0. The molecule has 0 aliphatic heterocycles. The Morgan fingerprint density at radius 2 is 2.06 bits per heavy atom. The monoisotopic (exact) mass is 259 g/mol. The number of amides is 2. The van der Waals surface area contributed by atoms with Crippen molar-refractivity contribution < 1.29 is 9.59 Å². The molecule has 5 nitrogen and oxygen atoms in total. The molecule has 1 aromatic carbocycles. The number of hydrogen-bond donors (Lipinski definition) is 2. The second-order valence-electron chi connectivity index (χ2n) is 2.73. The fourth-order valence-corrected chi connectivity index (χ4v) is 1.28. The highest BCUT2D eigenvalue weighted by molar-refractivity contribution is 6.36. The number of halogens is 2. The zero-order valence-electron chi connectivity index (χ0n) is 7.91. The number of hydrazone groups is 1. The van der Waals surface area contributed by atoms with E-state index in [4.69, 9.17) is 28.9 Å². The molecule has 0 aliphatic rings. The first kappa shape index (κ1) is 12.5. The Morgan fingerprint density at radius 3 is 2.62 bits per heavy atom. The zero-order chi connectivity index (χ0) is 12.1. The number of nitrogens with zero attached hydrogens (tertiary/aromatic N) is 1. The van der Waals surface area contributed by atoms with Gasteiger partial charge in [0, 0.05) is 10.6 Å². The van der Waals surface area contributed by atoms with Crippen LogP contribution in [0.1, 0.15) is 5.56 Å². The molecule has 0 heterocycles. The fourth-order valence-electron chi connectivity index (χ4n) is 0.822. The molecule has 3 N–H and O–H groups in total. The lowest BCUT2D eigenvalue weighted by atomic mass is 10.2. The molecule has 16 heavy (non-hydrogen) atoms. The van der Waals surface area contributed by atoms with Crippen molar-refractivity contribution in [3.8, 4) is 0 Å². The smallest absolute Gasteiger partial charge is 0.329 e. The maximum Gasteiger partial charge on any atom is 0.329 e. The topological polar surface area (TPSA) is 84.5 Å². The molecular weight excluding hydrogens is 253 g/mol. The SMILES string of the molecule is NC(=O)C(=O)N/N=C\c1ccc(Cl)cc1Cl. The number of hydrogen-bond acceptors (Lipinski definition) is 3. The van der Waals surface area contributed by atoms with Crippen molar-refractivity contribution in [1.29, 1.82) is 0 Å². The molecule has 0 fully saturated rings. The molecular formula is C9H7Cl2N3O2. The summed E-state index contributed by atoms with van der Waals surface area (Å²) >= 11 is 11.5. The molecule has 1 aromatic rings. The predicted molar refractivity (Wildman–Crippen MR) is 61.4 cm³/mol. The van der Waals surface area contributed by atoms with E-state index in [-0.39, 0.29) is 0 Å². The molecule has 0 radical (unpaired) electrons. The van der Waals surface area contributed by atoms with E-state index in [1.807, 2.05) is 5.43 Å². The molecule has 0 aromatic heterocycles. The van der Waals surface area contributed by atoms with Crippen molar-refractivity contribution in [3.63, 3.8) is 0 Å². The number of carbonyl (C=O) groups is 2. The average Bonchev–Trinajstić information content (AvgIpc) is 2.20. The molecule has 0 aliphatic carbocycles. The van der Waals surface area contributed by atoms with Crippen molar-refractivity contribution >= 4 is 41.2 Å². The molecule has 0 unspecified atom stereocenters. The lowest BCUT2D eigenvalue weighted by molar-refractivity contribution is -0.137. The minimum atomic E-state index is -1.11. The summed E-state index contributed by atoms with van der Waals surface area (Å²) in [7, 11) is 0. The van der Waals surface area contributed by atoms with Crippen LogP contribution in [-0.2, 0) is 9.59 Å². The fraction of sp³-hybridized carbons (Fsp3) is 0. The number of nitrogens with one attached hydrogen (secondary N) is 1. The van der Waals surface area contributed by atoms with E-state index < -0.39 is 11.8 Å². The standard InChI is InChI=1S/C9H7Cl2N3O2/c10-6-2-1-5(7(11)3-6)4-13-14-9(16)8(12)15/h1-4H,(H2,12,15)(H,14,16)/b13-4-. The number of benzene rings is 1. The van der Waals surface area contributed by atoms with Gasteiger partial charge in [0.15, 0.2) is 0 Å². The van der Waals surface area contributed by atoms with Crippen molar-refractivity contribution in [2.45, 2.75) is 0 Å². The van der Waals surface area contributed by atoms with Gasteiger partial charge < -0.3 is 5.73 Å². The van der Waals surface area contributed by atoms with Crippen molar-refractivity contribution in [2.24, 2.45) is 10.8 Å². The lowest BCUT2D eigenvalue weighted by Crippen LogP contribution is -2.32. The van der Waals surface area contributed by atoms with Crippen molar-refractivity contribution in [3.05, 3.63) is 33.8 Å². The molecule has 7 heteroatoms. The highest BCUT2D eigenvalue weighted by Gasteiger charge is 2.05. The molecule has 0 atom stereocenters. The van der Waals surface area contributed by atoms with Crippen LogP contribution in [0.5, 0.6) is 0 Å². The Kier molecular flexibility index (Phi) is 4.28. The molecule has 0 saturated carbocycles. The highest BCUT2D eigenvalue weighted by atomic mass is 35.5. The van der Waals surface area contributed by atoms with Gasteiger partial charge in [0.25, 0.3) is 0 Å². The Bertz CT molecular complexity index is 460. The summed E-state index contributed by atoms with van der Waals surface area (Å²) < 4.78 is 0. The first-order valence-corrected chi connectivity index (χ1v) is 4.84. The minimum Gasteiger partial charge on any atom is -0.361 e. The van der Waals surface area contributed by atoms with Gasteiger partial charge >= 0.3 is 11.8 Å². The molecule has 0 bridgehead atoms. The second-order valence-corrected chi connectivity index (χ2v) is 3.57. The average molecular weight is 260 g/mol. The zero-order valence-corrected chi connectivity index (χ0v) is 9.42. The molecule has 0 spiro atoms. The summed E-state index contributed by atoms with van der Waals surface area (Å²) in [5.74, 6) is -2.11. The number of nitrogens with two attached hydrogens (primary N) is 1. The maximum absolute atomic E-state index is 10.7. The van der Waals surface area contributed by atoms with E-state index in [1.165, 1.54) is 12.3 Å². The summed E-state index contributed by atoms with van der Waals surface area (Å²) in [6, 6.07) is 4.76. The van der Waals surface area contributed by atoms with Crippen LogP contribution in [0.4, 0.5) is 0 Å². The molecule has 1 rings (SSSR count). The van der Waals surface area contributed by atoms with Gasteiger partial charge in [-0.3, -0.25) is 9.59 Å².